The molecule has 0 radical (unpaired) electrons. The molecule has 1 rings (SSSR count). The van der Waals surface area contributed by atoms with E-state index in [9.17, 15) is 12.9 Å². The molecule has 0 aliphatic rings. The van der Waals surface area contributed by atoms with Crippen molar-refractivity contribution in [1.29, 1.82) is 0 Å². The van der Waals surface area contributed by atoms with E-state index in [-0.39, 0.29) is 5.02 Å². The standard InChI is InChI=1S/C4H2BClF3N2/c6-3-1-10-4(11-2-3)5(7,8)9/h1-2H/q-1. The molecule has 1 aromatic rings. The maximum atomic E-state index is 11.8. The molecule has 0 fully saturated rings. The van der Waals surface area contributed by atoms with E-state index in [2.05, 4.69) is 9.97 Å². The molecule has 2 nitrogen and oxygen atoms in total. The summed E-state index contributed by atoms with van der Waals surface area (Å²) in [5.74, 6) is 0. The average molecular weight is 181 g/mol. The highest BCUT2D eigenvalue weighted by Gasteiger charge is 2.29. The van der Waals surface area contributed by atoms with Gasteiger partial charge in [-0.25, -0.2) is 0 Å². The molecule has 1 heterocycles. The molecule has 0 amide bonds. The third kappa shape index (κ3) is 2.08. The predicted molar refractivity (Wildman–Crippen MR) is 35.8 cm³/mol. The maximum absolute atomic E-state index is 11.8. The summed E-state index contributed by atoms with van der Waals surface area (Å²) in [6.45, 7) is -5.10. The molecule has 0 N–H and O–H groups in total. The molecule has 11 heavy (non-hydrogen) atoms. The van der Waals surface area contributed by atoms with E-state index in [1.54, 1.807) is 0 Å². The Balaban J connectivity index is 2.99. The minimum absolute atomic E-state index is 0.0915. The number of hydrogen-bond donors (Lipinski definition) is 0. The van der Waals surface area contributed by atoms with Crippen LogP contribution < -0.4 is 5.72 Å². The Kier molecular flexibility index (Phi) is 2.04. The number of hydrogen-bond acceptors (Lipinski definition) is 2. The van der Waals surface area contributed by atoms with Crippen molar-refractivity contribution in [1.82, 2.24) is 9.97 Å². The van der Waals surface area contributed by atoms with Gasteiger partial charge in [-0.15, -0.1) is 0 Å². The second-order valence-electron chi connectivity index (χ2n) is 1.83. The first-order chi connectivity index (χ1) is 5.00. The van der Waals surface area contributed by atoms with E-state index in [0.717, 1.165) is 12.4 Å². The second kappa shape index (κ2) is 2.69. The monoisotopic (exact) mass is 181 g/mol. The molecule has 60 valence electrons. The van der Waals surface area contributed by atoms with Crippen LogP contribution >= 0.6 is 11.6 Å². The lowest BCUT2D eigenvalue weighted by Gasteiger charge is -2.10. The van der Waals surface area contributed by atoms with Crippen molar-refractivity contribution in [3.8, 4) is 0 Å². The third-order valence-electron chi connectivity index (χ3n) is 0.933. The quantitative estimate of drug-likeness (QED) is 0.608. The summed E-state index contributed by atoms with van der Waals surface area (Å²) in [6, 6.07) is 0. The van der Waals surface area contributed by atoms with Gasteiger partial charge in [0.15, 0.2) is 0 Å². The summed E-state index contributed by atoms with van der Waals surface area (Å²) >= 11 is 5.28. The van der Waals surface area contributed by atoms with Crippen LogP contribution in [-0.2, 0) is 0 Å². The molecule has 7 heteroatoms. The summed E-state index contributed by atoms with van der Waals surface area (Å²) in [7, 11) is 0. The van der Waals surface area contributed by atoms with Crippen molar-refractivity contribution in [3.63, 3.8) is 0 Å². The molecule has 0 bridgehead atoms. The van der Waals surface area contributed by atoms with E-state index in [4.69, 9.17) is 11.6 Å². The zero-order valence-electron chi connectivity index (χ0n) is 5.14. The molecular formula is C4H2BClF3N2-. The number of rotatable bonds is 1. The fourth-order valence-electron chi connectivity index (χ4n) is 0.491. The number of aromatic nitrogens is 2. The van der Waals surface area contributed by atoms with Crippen LogP contribution in [0, 0.1) is 0 Å². The van der Waals surface area contributed by atoms with Crippen molar-refractivity contribution >= 4 is 24.3 Å². The molecule has 0 unspecified atom stereocenters. The SMILES string of the molecule is F[B-](F)(F)c1ncc(Cl)cn1. The Morgan fingerprint density at radius 3 is 2.00 bits per heavy atom. The lowest BCUT2D eigenvalue weighted by molar-refractivity contribution is 0.495. The fraction of sp³-hybridized carbons (Fsp3) is 0. The summed E-state index contributed by atoms with van der Waals surface area (Å²) in [5.41, 5.74) is -1.12. The first kappa shape index (κ1) is 8.32. The first-order valence-corrected chi connectivity index (χ1v) is 3.05. The summed E-state index contributed by atoms with van der Waals surface area (Å²) in [6.07, 6.45) is 1.83. The Hall–Kier alpha value is -0.775. The highest BCUT2D eigenvalue weighted by Crippen LogP contribution is 2.07. The van der Waals surface area contributed by atoms with Crippen LogP contribution in [0.5, 0.6) is 0 Å². The van der Waals surface area contributed by atoms with Crippen molar-refractivity contribution in [2.75, 3.05) is 0 Å². The highest BCUT2D eigenvalue weighted by molar-refractivity contribution is 6.71. The van der Waals surface area contributed by atoms with Crippen LogP contribution in [-0.4, -0.2) is 16.9 Å². The van der Waals surface area contributed by atoms with Crippen LogP contribution in [0.4, 0.5) is 12.9 Å². The van der Waals surface area contributed by atoms with E-state index in [1.165, 1.54) is 0 Å². The molecule has 0 atom stereocenters. The zero-order chi connectivity index (χ0) is 8.48. The predicted octanol–water partition coefficient (Wildman–Crippen LogP) is 1.18. The lowest BCUT2D eigenvalue weighted by Crippen LogP contribution is -2.38. The summed E-state index contributed by atoms with van der Waals surface area (Å²) in [4.78, 5) is 6.02. The normalized spacial score (nSPS) is 11.6. The van der Waals surface area contributed by atoms with Crippen molar-refractivity contribution in [2.24, 2.45) is 0 Å². The Morgan fingerprint density at radius 2 is 1.64 bits per heavy atom. The lowest BCUT2D eigenvalue weighted by atomic mass is 9.91. The van der Waals surface area contributed by atoms with Crippen LogP contribution in [0.15, 0.2) is 12.4 Å². The molecule has 0 aromatic carbocycles. The third-order valence-corrected chi connectivity index (χ3v) is 1.13. The molecule has 0 aliphatic heterocycles. The van der Waals surface area contributed by atoms with E-state index >= 15 is 0 Å². The van der Waals surface area contributed by atoms with Gasteiger partial charge in [0.05, 0.1) is 10.7 Å². The smallest absolute Gasteiger partial charge is 0.443 e. The van der Waals surface area contributed by atoms with Gasteiger partial charge in [-0.05, 0) is 0 Å². The maximum Gasteiger partial charge on any atom is 0.546 e. The molecule has 0 saturated heterocycles. The molecule has 0 spiro atoms. The van der Waals surface area contributed by atoms with Crippen molar-refractivity contribution in [3.05, 3.63) is 17.4 Å². The second-order valence-corrected chi connectivity index (χ2v) is 2.27. The van der Waals surface area contributed by atoms with Gasteiger partial charge in [0.25, 0.3) is 0 Å². The van der Waals surface area contributed by atoms with Gasteiger partial charge < -0.3 is 12.9 Å². The molecular weight excluding hydrogens is 179 g/mol. The van der Waals surface area contributed by atoms with Crippen LogP contribution in [0.3, 0.4) is 0 Å². The van der Waals surface area contributed by atoms with E-state index in [0.29, 0.717) is 0 Å². The summed E-state index contributed by atoms with van der Waals surface area (Å²) < 4.78 is 35.4. The summed E-state index contributed by atoms with van der Waals surface area (Å²) in [5, 5.41) is 0.0915. The Bertz CT molecular complexity index is 247. The molecule has 0 aliphatic carbocycles. The highest BCUT2D eigenvalue weighted by atomic mass is 35.5. The first-order valence-electron chi connectivity index (χ1n) is 2.67. The van der Waals surface area contributed by atoms with Gasteiger partial charge in [0.2, 0.25) is 0 Å². The zero-order valence-corrected chi connectivity index (χ0v) is 5.89. The van der Waals surface area contributed by atoms with Crippen molar-refractivity contribution < 1.29 is 12.9 Å². The van der Waals surface area contributed by atoms with E-state index in [1.807, 2.05) is 0 Å². The van der Waals surface area contributed by atoms with Gasteiger partial charge in [0, 0.05) is 12.4 Å². The van der Waals surface area contributed by atoms with Gasteiger partial charge >= 0.3 is 6.98 Å². The largest absolute Gasteiger partial charge is 0.546 e. The van der Waals surface area contributed by atoms with Gasteiger partial charge in [-0.2, -0.15) is 0 Å². The van der Waals surface area contributed by atoms with Crippen molar-refractivity contribution in [2.45, 2.75) is 0 Å². The molecule has 1 aromatic heterocycles. The van der Waals surface area contributed by atoms with E-state index < -0.39 is 12.7 Å². The Labute approximate surface area is 65.5 Å². The van der Waals surface area contributed by atoms with Gasteiger partial charge in [-0.1, -0.05) is 11.6 Å². The minimum Gasteiger partial charge on any atom is -0.443 e. The topological polar surface area (TPSA) is 25.8 Å². The van der Waals surface area contributed by atoms with Crippen LogP contribution in [0.2, 0.25) is 5.02 Å². The fourth-order valence-corrected chi connectivity index (χ4v) is 0.589. The Morgan fingerprint density at radius 1 is 1.18 bits per heavy atom. The molecule has 0 saturated carbocycles. The minimum atomic E-state index is -5.10. The number of nitrogens with zero attached hydrogens (tertiary/aromatic N) is 2. The van der Waals surface area contributed by atoms with Gasteiger partial charge in [-0.3, -0.25) is 9.97 Å². The van der Waals surface area contributed by atoms with Crippen LogP contribution in [0.1, 0.15) is 0 Å². The van der Waals surface area contributed by atoms with Gasteiger partial charge in [0.1, 0.15) is 0 Å². The average Bonchev–Trinajstić information content (AvgIpc) is 1.86. The van der Waals surface area contributed by atoms with Crippen LogP contribution in [0.25, 0.3) is 0 Å². The number of halogens is 4.